The normalized spacial score (nSPS) is 11.7. The van der Waals surface area contributed by atoms with E-state index in [1.54, 1.807) is 12.1 Å². The van der Waals surface area contributed by atoms with Gasteiger partial charge >= 0.3 is 5.97 Å². The lowest BCUT2D eigenvalue weighted by Crippen LogP contribution is -2.35. The second-order valence-electron chi connectivity index (χ2n) is 3.96. The molecule has 0 radical (unpaired) electrons. The smallest absolute Gasteiger partial charge is 0.338 e. The topological polar surface area (TPSA) is 55.4 Å². The summed E-state index contributed by atoms with van der Waals surface area (Å²) in [7, 11) is 0. The average molecular weight is 361 g/mol. The Bertz CT molecular complexity index is 417. The highest BCUT2D eigenvalue weighted by atomic mass is 127. The van der Waals surface area contributed by atoms with E-state index in [-0.39, 0.29) is 18.6 Å². The number of hydrogen-bond donors (Lipinski definition) is 1. The maximum Gasteiger partial charge on any atom is 0.338 e. The van der Waals surface area contributed by atoms with Crippen LogP contribution < -0.4 is 5.32 Å². The molecule has 0 fully saturated rings. The highest BCUT2D eigenvalue weighted by Crippen LogP contribution is 2.07. The summed E-state index contributed by atoms with van der Waals surface area (Å²) in [5.41, 5.74) is 0.451. The summed E-state index contributed by atoms with van der Waals surface area (Å²) in [5, 5.41) is 2.73. The maximum atomic E-state index is 11.6. The van der Waals surface area contributed by atoms with Crippen molar-refractivity contribution in [2.75, 3.05) is 6.61 Å². The summed E-state index contributed by atoms with van der Waals surface area (Å²) in [6, 6.07) is 7.08. The van der Waals surface area contributed by atoms with E-state index in [2.05, 4.69) is 27.9 Å². The maximum absolute atomic E-state index is 11.6. The van der Waals surface area contributed by atoms with E-state index in [1.807, 2.05) is 26.0 Å². The van der Waals surface area contributed by atoms with Crippen molar-refractivity contribution in [3.8, 4) is 0 Å². The van der Waals surface area contributed by atoms with Gasteiger partial charge < -0.3 is 10.1 Å². The molecule has 0 saturated heterocycles. The van der Waals surface area contributed by atoms with E-state index in [4.69, 9.17) is 4.74 Å². The van der Waals surface area contributed by atoms with E-state index in [1.165, 1.54) is 0 Å². The zero-order valence-electron chi connectivity index (χ0n) is 10.4. The van der Waals surface area contributed by atoms with E-state index in [0.29, 0.717) is 5.56 Å². The summed E-state index contributed by atoms with van der Waals surface area (Å²) in [6.45, 7) is 3.64. The molecule has 1 atom stereocenters. The molecule has 5 heteroatoms. The lowest BCUT2D eigenvalue weighted by atomic mass is 10.2. The molecule has 98 valence electrons. The predicted octanol–water partition coefficient (Wildman–Crippen LogP) is 2.36. The molecular formula is C13H16INO3. The fourth-order valence-electron chi connectivity index (χ4n) is 1.22. The minimum absolute atomic E-state index is 0.0921. The Morgan fingerprint density at radius 3 is 2.50 bits per heavy atom. The fraction of sp³-hybridized carbons (Fsp3) is 0.385. The molecule has 0 aromatic heterocycles. The Labute approximate surface area is 120 Å². The van der Waals surface area contributed by atoms with Crippen molar-refractivity contribution in [1.29, 1.82) is 0 Å². The highest BCUT2D eigenvalue weighted by Gasteiger charge is 2.11. The SMILES string of the molecule is CC[C@@H](C)NC(=O)COC(=O)c1ccc(I)cc1. The van der Waals surface area contributed by atoms with Crippen LogP contribution in [0, 0.1) is 3.57 Å². The van der Waals surface area contributed by atoms with Crippen LogP contribution in [0.1, 0.15) is 30.6 Å². The molecule has 0 heterocycles. The van der Waals surface area contributed by atoms with Crippen LogP contribution in [0.5, 0.6) is 0 Å². The van der Waals surface area contributed by atoms with Gasteiger partial charge in [-0.25, -0.2) is 4.79 Å². The zero-order valence-corrected chi connectivity index (χ0v) is 12.6. The monoisotopic (exact) mass is 361 g/mol. The van der Waals surface area contributed by atoms with Gasteiger partial charge in [-0.3, -0.25) is 4.79 Å². The molecule has 0 aliphatic carbocycles. The first-order valence-electron chi connectivity index (χ1n) is 5.75. The summed E-state index contributed by atoms with van der Waals surface area (Å²) < 4.78 is 5.96. The van der Waals surface area contributed by atoms with Gasteiger partial charge in [0.25, 0.3) is 5.91 Å². The average Bonchev–Trinajstić information content (AvgIpc) is 2.36. The van der Waals surface area contributed by atoms with Crippen LogP contribution in [0.4, 0.5) is 0 Å². The van der Waals surface area contributed by atoms with Crippen molar-refractivity contribution >= 4 is 34.5 Å². The molecule has 0 aliphatic heterocycles. The summed E-state index contributed by atoms with van der Waals surface area (Å²) >= 11 is 2.15. The Morgan fingerprint density at radius 1 is 1.33 bits per heavy atom. The number of esters is 1. The first-order chi connectivity index (χ1) is 8.52. The Hall–Kier alpha value is -1.11. The first kappa shape index (κ1) is 14.9. The minimum atomic E-state index is -0.481. The Balaban J connectivity index is 2.41. The third kappa shape index (κ3) is 5.03. The second kappa shape index (κ2) is 7.35. The van der Waals surface area contributed by atoms with Gasteiger partial charge in [-0.2, -0.15) is 0 Å². The van der Waals surface area contributed by atoms with Crippen LogP contribution in [0.25, 0.3) is 0 Å². The van der Waals surface area contributed by atoms with Gasteiger partial charge in [0.05, 0.1) is 5.56 Å². The van der Waals surface area contributed by atoms with Crippen LogP contribution >= 0.6 is 22.6 Å². The van der Waals surface area contributed by atoms with E-state index >= 15 is 0 Å². The molecule has 0 unspecified atom stereocenters. The summed E-state index contributed by atoms with van der Waals surface area (Å²) in [4.78, 5) is 23.0. The van der Waals surface area contributed by atoms with Crippen LogP contribution in [0.3, 0.4) is 0 Å². The first-order valence-corrected chi connectivity index (χ1v) is 6.83. The van der Waals surface area contributed by atoms with Crippen molar-refractivity contribution < 1.29 is 14.3 Å². The van der Waals surface area contributed by atoms with Crippen LogP contribution in [-0.2, 0) is 9.53 Å². The van der Waals surface area contributed by atoms with Gasteiger partial charge in [0, 0.05) is 9.61 Å². The number of rotatable bonds is 5. The number of amides is 1. The fourth-order valence-corrected chi connectivity index (χ4v) is 1.58. The molecule has 1 aromatic carbocycles. The Kier molecular flexibility index (Phi) is 6.11. The quantitative estimate of drug-likeness (QED) is 0.647. The zero-order chi connectivity index (χ0) is 13.5. The lowest BCUT2D eigenvalue weighted by Gasteiger charge is -2.11. The van der Waals surface area contributed by atoms with Gasteiger partial charge in [-0.05, 0) is 60.2 Å². The number of benzene rings is 1. The molecule has 0 saturated carbocycles. The van der Waals surface area contributed by atoms with Crippen molar-refractivity contribution in [1.82, 2.24) is 5.32 Å². The number of hydrogen-bond acceptors (Lipinski definition) is 3. The molecule has 1 amide bonds. The van der Waals surface area contributed by atoms with Gasteiger partial charge in [-0.15, -0.1) is 0 Å². The lowest BCUT2D eigenvalue weighted by molar-refractivity contribution is -0.124. The van der Waals surface area contributed by atoms with Crippen LogP contribution in [-0.4, -0.2) is 24.5 Å². The van der Waals surface area contributed by atoms with E-state index in [0.717, 1.165) is 9.99 Å². The number of nitrogens with one attached hydrogen (secondary N) is 1. The number of carbonyl (C=O) groups excluding carboxylic acids is 2. The molecule has 18 heavy (non-hydrogen) atoms. The van der Waals surface area contributed by atoms with E-state index < -0.39 is 5.97 Å². The molecule has 1 aromatic rings. The summed E-state index contributed by atoms with van der Waals surface area (Å²) in [6.07, 6.45) is 0.844. The molecule has 0 bridgehead atoms. The van der Waals surface area contributed by atoms with Crippen LogP contribution in [0.2, 0.25) is 0 Å². The number of halogens is 1. The number of carbonyl (C=O) groups is 2. The molecule has 1 N–H and O–H groups in total. The standard InChI is InChI=1S/C13H16INO3/c1-3-9(2)15-12(16)8-18-13(17)10-4-6-11(14)7-5-10/h4-7,9H,3,8H2,1-2H3,(H,15,16)/t9-/m1/s1. The van der Waals surface area contributed by atoms with Crippen molar-refractivity contribution in [2.45, 2.75) is 26.3 Å². The van der Waals surface area contributed by atoms with Crippen LogP contribution in [0.15, 0.2) is 24.3 Å². The highest BCUT2D eigenvalue weighted by molar-refractivity contribution is 14.1. The molecule has 0 aliphatic rings. The van der Waals surface area contributed by atoms with Gasteiger partial charge in [0.1, 0.15) is 0 Å². The second-order valence-corrected chi connectivity index (χ2v) is 5.21. The van der Waals surface area contributed by atoms with Crippen molar-refractivity contribution in [3.05, 3.63) is 33.4 Å². The Morgan fingerprint density at radius 2 is 1.94 bits per heavy atom. The van der Waals surface area contributed by atoms with E-state index in [9.17, 15) is 9.59 Å². The van der Waals surface area contributed by atoms with Gasteiger partial charge in [-0.1, -0.05) is 6.92 Å². The molecular weight excluding hydrogens is 345 g/mol. The van der Waals surface area contributed by atoms with Crippen molar-refractivity contribution in [3.63, 3.8) is 0 Å². The predicted molar refractivity (Wildman–Crippen MR) is 77.3 cm³/mol. The minimum Gasteiger partial charge on any atom is -0.452 e. The molecule has 1 rings (SSSR count). The van der Waals surface area contributed by atoms with Gasteiger partial charge in [0.2, 0.25) is 0 Å². The molecule has 4 nitrogen and oxygen atoms in total. The third-order valence-electron chi connectivity index (χ3n) is 2.43. The van der Waals surface area contributed by atoms with Crippen molar-refractivity contribution in [2.24, 2.45) is 0 Å². The molecule has 0 spiro atoms. The summed E-state index contributed by atoms with van der Waals surface area (Å²) in [5.74, 6) is -0.756. The van der Waals surface area contributed by atoms with Gasteiger partial charge in [0.15, 0.2) is 6.61 Å². The largest absolute Gasteiger partial charge is 0.452 e. The number of ether oxygens (including phenoxy) is 1. The third-order valence-corrected chi connectivity index (χ3v) is 3.15.